The van der Waals surface area contributed by atoms with Gasteiger partial charge in [-0.15, -0.1) is 0 Å². The number of carbonyl (C=O) groups excluding carboxylic acids is 3. The standard InChI is InChI=1S/C17H22N2O4/c1-11-6-7-13(17(22)23-3)9-15(11)18-16(21)14-5-4-8-19(10-14)12(2)20/h6-7,9,14H,4-5,8,10H2,1-3H3,(H,18,21)/t14-/m1/s1. The first-order valence-electron chi connectivity index (χ1n) is 7.67. The summed E-state index contributed by atoms with van der Waals surface area (Å²) in [6, 6.07) is 5.05. The average Bonchev–Trinajstić information content (AvgIpc) is 2.56. The zero-order valence-corrected chi connectivity index (χ0v) is 13.7. The summed E-state index contributed by atoms with van der Waals surface area (Å²) < 4.78 is 4.70. The number of carbonyl (C=O) groups is 3. The minimum atomic E-state index is -0.444. The molecule has 1 N–H and O–H groups in total. The van der Waals surface area contributed by atoms with Crippen molar-refractivity contribution in [2.45, 2.75) is 26.7 Å². The number of rotatable bonds is 3. The fourth-order valence-corrected chi connectivity index (χ4v) is 2.71. The highest BCUT2D eigenvalue weighted by Crippen LogP contribution is 2.22. The molecule has 0 unspecified atom stereocenters. The zero-order valence-electron chi connectivity index (χ0n) is 13.7. The molecule has 23 heavy (non-hydrogen) atoms. The molecule has 1 aromatic carbocycles. The van der Waals surface area contributed by atoms with Gasteiger partial charge < -0.3 is 15.0 Å². The smallest absolute Gasteiger partial charge is 0.337 e. The van der Waals surface area contributed by atoms with Gasteiger partial charge in [0.15, 0.2) is 0 Å². The second kappa shape index (κ2) is 7.26. The summed E-state index contributed by atoms with van der Waals surface area (Å²) in [7, 11) is 1.32. The molecule has 1 saturated heterocycles. The van der Waals surface area contributed by atoms with Crippen LogP contribution in [0.4, 0.5) is 5.69 Å². The number of nitrogens with zero attached hydrogens (tertiary/aromatic N) is 1. The Morgan fingerprint density at radius 3 is 2.70 bits per heavy atom. The molecule has 2 rings (SSSR count). The van der Waals surface area contributed by atoms with Crippen LogP contribution in [0.1, 0.15) is 35.7 Å². The number of methoxy groups -OCH3 is 1. The number of benzene rings is 1. The quantitative estimate of drug-likeness (QED) is 0.865. The van der Waals surface area contributed by atoms with Crippen molar-refractivity contribution in [3.05, 3.63) is 29.3 Å². The Balaban J connectivity index is 2.10. The van der Waals surface area contributed by atoms with Crippen LogP contribution in [-0.4, -0.2) is 42.9 Å². The molecule has 0 aliphatic carbocycles. The van der Waals surface area contributed by atoms with Gasteiger partial charge in [-0.1, -0.05) is 6.07 Å². The van der Waals surface area contributed by atoms with E-state index in [1.54, 1.807) is 23.1 Å². The number of anilines is 1. The highest BCUT2D eigenvalue weighted by Gasteiger charge is 2.27. The van der Waals surface area contributed by atoms with E-state index in [1.165, 1.54) is 14.0 Å². The van der Waals surface area contributed by atoms with Gasteiger partial charge in [-0.25, -0.2) is 4.79 Å². The molecule has 0 spiro atoms. The Labute approximate surface area is 135 Å². The van der Waals surface area contributed by atoms with Crippen molar-refractivity contribution >= 4 is 23.5 Å². The molecule has 124 valence electrons. The van der Waals surface area contributed by atoms with E-state index in [4.69, 9.17) is 4.74 Å². The Morgan fingerprint density at radius 2 is 2.04 bits per heavy atom. The monoisotopic (exact) mass is 318 g/mol. The van der Waals surface area contributed by atoms with Crippen molar-refractivity contribution in [1.29, 1.82) is 0 Å². The van der Waals surface area contributed by atoms with E-state index in [0.29, 0.717) is 24.3 Å². The van der Waals surface area contributed by atoms with Crippen LogP contribution in [0.5, 0.6) is 0 Å². The molecule has 0 radical (unpaired) electrons. The molecule has 0 bridgehead atoms. The van der Waals surface area contributed by atoms with Gasteiger partial charge in [0.1, 0.15) is 0 Å². The van der Waals surface area contributed by atoms with E-state index in [9.17, 15) is 14.4 Å². The molecule has 0 saturated carbocycles. The number of hydrogen-bond donors (Lipinski definition) is 1. The second-order valence-electron chi connectivity index (χ2n) is 5.81. The van der Waals surface area contributed by atoms with Gasteiger partial charge in [0, 0.05) is 25.7 Å². The van der Waals surface area contributed by atoms with Crippen molar-refractivity contribution in [3.8, 4) is 0 Å². The molecule has 1 aliphatic heterocycles. The summed E-state index contributed by atoms with van der Waals surface area (Å²) in [6.07, 6.45) is 1.57. The Kier molecular flexibility index (Phi) is 5.36. The molecule has 1 heterocycles. The number of esters is 1. The summed E-state index contributed by atoms with van der Waals surface area (Å²) in [5, 5.41) is 2.87. The van der Waals surface area contributed by atoms with Gasteiger partial charge in [-0.2, -0.15) is 0 Å². The van der Waals surface area contributed by atoms with Crippen LogP contribution in [0.15, 0.2) is 18.2 Å². The van der Waals surface area contributed by atoms with Gasteiger partial charge in [-0.05, 0) is 37.5 Å². The predicted molar refractivity (Wildman–Crippen MR) is 86.1 cm³/mol. The lowest BCUT2D eigenvalue weighted by Gasteiger charge is -2.31. The van der Waals surface area contributed by atoms with Crippen LogP contribution in [0.25, 0.3) is 0 Å². The molecule has 2 amide bonds. The third kappa shape index (κ3) is 4.09. The molecule has 6 nitrogen and oxygen atoms in total. The van der Waals surface area contributed by atoms with Gasteiger partial charge in [0.2, 0.25) is 11.8 Å². The zero-order chi connectivity index (χ0) is 17.0. The van der Waals surface area contributed by atoms with Gasteiger partial charge >= 0.3 is 5.97 Å². The maximum Gasteiger partial charge on any atom is 0.337 e. The topological polar surface area (TPSA) is 75.7 Å². The summed E-state index contributed by atoms with van der Waals surface area (Å²) >= 11 is 0. The third-order valence-corrected chi connectivity index (χ3v) is 4.15. The van der Waals surface area contributed by atoms with Crippen LogP contribution >= 0.6 is 0 Å². The van der Waals surface area contributed by atoms with Gasteiger partial charge in [0.05, 0.1) is 18.6 Å². The second-order valence-corrected chi connectivity index (χ2v) is 5.81. The van der Waals surface area contributed by atoms with Crippen molar-refractivity contribution in [2.75, 3.05) is 25.5 Å². The molecule has 1 fully saturated rings. The Bertz CT molecular complexity index is 627. The molecule has 1 aliphatic rings. The third-order valence-electron chi connectivity index (χ3n) is 4.15. The Morgan fingerprint density at radius 1 is 1.30 bits per heavy atom. The molecule has 1 atom stereocenters. The van der Waals surface area contributed by atoms with E-state index < -0.39 is 5.97 Å². The fourth-order valence-electron chi connectivity index (χ4n) is 2.71. The van der Waals surface area contributed by atoms with Crippen molar-refractivity contribution in [2.24, 2.45) is 5.92 Å². The van der Waals surface area contributed by atoms with Crippen LogP contribution in [-0.2, 0) is 14.3 Å². The number of piperidine rings is 1. The number of hydrogen-bond acceptors (Lipinski definition) is 4. The van der Waals surface area contributed by atoms with Gasteiger partial charge in [-0.3, -0.25) is 9.59 Å². The van der Waals surface area contributed by atoms with Crippen LogP contribution in [0.2, 0.25) is 0 Å². The average molecular weight is 318 g/mol. The minimum absolute atomic E-state index is 0.00799. The van der Waals surface area contributed by atoms with Crippen LogP contribution in [0, 0.1) is 12.8 Å². The predicted octanol–water partition coefficient (Wildman–Crippen LogP) is 1.98. The van der Waals surface area contributed by atoms with Crippen molar-refractivity contribution in [3.63, 3.8) is 0 Å². The maximum atomic E-state index is 12.5. The number of ether oxygens (including phenoxy) is 1. The van der Waals surface area contributed by atoms with E-state index in [-0.39, 0.29) is 17.7 Å². The van der Waals surface area contributed by atoms with E-state index in [1.807, 2.05) is 6.92 Å². The number of amides is 2. The lowest BCUT2D eigenvalue weighted by molar-refractivity contribution is -0.132. The first kappa shape index (κ1) is 17.0. The van der Waals surface area contributed by atoms with Crippen molar-refractivity contribution in [1.82, 2.24) is 4.90 Å². The number of likely N-dealkylation sites (tertiary alicyclic amines) is 1. The molecular formula is C17H22N2O4. The van der Waals surface area contributed by atoms with E-state index >= 15 is 0 Å². The fraction of sp³-hybridized carbons (Fsp3) is 0.471. The normalized spacial score (nSPS) is 17.5. The van der Waals surface area contributed by atoms with E-state index in [0.717, 1.165) is 18.4 Å². The molecule has 1 aromatic rings. The van der Waals surface area contributed by atoms with Crippen molar-refractivity contribution < 1.29 is 19.1 Å². The largest absolute Gasteiger partial charge is 0.465 e. The molecule has 0 aromatic heterocycles. The first-order valence-corrected chi connectivity index (χ1v) is 7.67. The molecule has 6 heteroatoms. The lowest BCUT2D eigenvalue weighted by Crippen LogP contribution is -2.42. The van der Waals surface area contributed by atoms with Crippen LogP contribution in [0.3, 0.4) is 0 Å². The summed E-state index contributed by atoms with van der Waals surface area (Å²) in [6.45, 7) is 4.52. The molecular weight excluding hydrogens is 296 g/mol. The maximum absolute atomic E-state index is 12.5. The Hall–Kier alpha value is -2.37. The number of nitrogens with one attached hydrogen (secondary N) is 1. The lowest BCUT2D eigenvalue weighted by atomic mass is 9.96. The van der Waals surface area contributed by atoms with Crippen LogP contribution < -0.4 is 5.32 Å². The van der Waals surface area contributed by atoms with E-state index in [2.05, 4.69) is 5.32 Å². The highest BCUT2D eigenvalue weighted by atomic mass is 16.5. The number of aryl methyl sites for hydroxylation is 1. The first-order chi connectivity index (χ1) is 10.9. The summed E-state index contributed by atoms with van der Waals surface area (Å²) in [5.41, 5.74) is 1.85. The summed E-state index contributed by atoms with van der Waals surface area (Å²) in [4.78, 5) is 37.3. The highest BCUT2D eigenvalue weighted by molar-refractivity contribution is 5.96. The van der Waals surface area contributed by atoms with Gasteiger partial charge in [0.25, 0.3) is 0 Å². The minimum Gasteiger partial charge on any atom is -0.465 e. The SMILES string of the molecule is COC(=O)c1ccc(C)c(NC(=O)[C@@H]2CCCN(C(C)=O)C2)c1. The summed E-state index contributed by atoms with van der Waals surface area (Å²) in [5.74, 6) is -0.804.